The van der Waals surface area contributed by atoms with Gasteiger partial charge in [-0.2, -0.15) is 18.3 Å². The van der Waals surface area contributed by atoms with Gasteiger partial charge in [-0.1, -0.05) is 56.6 Å². The molecule has 3 N–H and O–H groups in total. The van der Waals surface area contributed by atoms with Crippen molar-refractivity contribution >= 4 is 29.6 Å². The van der Waals surface area contributed by atoms with E-state index < -0.39 is 36.4 Å². The Hall–Kier alpha value is -4.98. The number of hydrogen-bond donors (Lipinski definition) is 3. The first-order valence-corrected chi connectivity index (χ1v) is 15.4. The van der Waals surface area contributed by atoms with E-state index >= 15 is 0 Å². The van der Waals surface area contributed by atoms with Crippen LogP contribution < -0.4 is 10.6 Å². The zero-order valence-corrected chi connectivity index (χ0v) is 27.1. The first-order chi connectivity index (χ1) is 22.7. The molecular formula is C33H34ClF3N8O3. The molecule has 4 aromatic rings. The Labute approximate surface area is 280 Å². The van der Waals surface area contributed by atoms with E-state index in [1.165, 1.54) is 17.3 Å². The van der Waals surface area contributed by atoms with Crippen molar-refractivity contribution in [3.63, 3.8) is 0 Å². The normalized spacial score (nSPS) is 14.5. The zero-order chi connectivity index (χ0) is 34.7. The van der Waals surface area contributed by atoms with Crippen LogP contribution in [0.15, 0.2) is 79.5 Å². The number of halogens is 4. The number of pyridine rings is 1. The highest BCUT2D eigenvalue weighted by Gasteiger charge is 2.64. The lowest BCUT2D eigenvalue weighted by Crippen LogP contribution is -2.51. The number of alkyl halides is 3. The largest absolute Gasteiger partial charge is 0.447 e. The maximum atomic E-state index is 14.3. The Morgan fingerprint density at radius 2 is 1.83 bits per heavy atom. The fraction of sp³-hybridized carbons (Fsp3) is 0.333. The molecule has 2 heterocycles. The van der Waals surface area contributed by atoms with E-state index in [2.05, 4.69) is 20.4 Å². The summed E-state index contributed by atoms with van der Waals surface area (Å²) < 4.78 is 47.6. The van der Waals surface area contributed by atoms with Crippen LogP contribution >= 0.6 is 11.6 Å². The highest BCUT2D eigenvalue weighted by molar-refractivity contribution is 6.32. The zero-order valence-electron chi connectivity index (χ0n) is 26.4. The maximum absolute atomic E-state index is 14.3. The van der Waals surface area contributed by atoms with Crippen LogP contribution in [0, 0.1) is 10.8 Å². The molecule has 1 aliphatic rings. The second kappa shape index (κ2) is 13.6. The van der Waals surface area contributed by atoms with Crippen LogP contribution in [-0.4, -0.2) is 67.5 Å². The van der Waals surface area contributed by atoms with Crippen LogP contribution in [0.5, 0.6) is 0 Å². The van der Waals surface area contributed by atoms with Crippen LogP contribution in [-0.2, 0) is 4.74 Å². The number of carbonyl (C=O) groups is 2. The Morgan fingerprint density at radius 1 is 1.10 bits per heavy atom. The molecule has 0 radical (unpaired) electrons. The fourth-order valence-electron chi connectivity index (χ4n) is 4.84. The monoisotopic (exact) mass is 682 g/mol. The van der Waals surface area contributed by atoms with Crippen molar-refractivity contribution in [2.75, 3.05) is 13.2 Å². The van der Waals surface area contributed by atoms with E-state index in [0.29, 0.717) is 23.5 Å². The van der Waals surface area contributed by atoms with E-state index in [0.717, 1.165) is 10.5 Å². The quantitative estimate of drug-likeness (QED) is 0.134. The Balaban J connectivity index is 1.53. The van der Waals surface area contributed by atoms with Crippen LogP contribution in [0.2, 0.25) is 5.02 Å². The lowest BCUT2D eigenvalue weighted by Gasteiger charge is -2.34. The highest BCUT2D eigenvalue weighted by atomic mass is 35.5. The molecule has 1 saturated carbocycles. The number of nitrogens with one attached hydrogen (secondary N) is 3. The lowest BCUT2D eigenvalue weighted by molar-refractivity contribution is -0.164. The summed E-state index contributed by atoms with van der Waals surface area (Å²) in [6.07, 6.45) is -2.13. The van der Waals surface area contributed by atoms with Gasteiger partial charge in [0.15, 0.2) is 5.96 Å². The van der Waals surface area contributed by atoms with E-state index in [9.17, 15) is 22.8 Å². The molecule has 2 aromatic carbocycles. The molecule has 1 atom stereocenters. The van der Waals surface area contributed by atoms with Gasteiger partial charge in [0.1, 0.15) is 24.8 Å². The minimum Gasteiger partial charge on any atom is -0.447 e. The van der Waals surface area contributed by atoms with Gasteiger partial charge in [-0.05, 0) is 60.2 Å². The lowest BCUT2D eigenvalue weighted by atomic mass is 9.97. The number of aromatic nitrogens is 4. The van der Waals surface area contributed by atoms with Gasteiger partial charge >= 0.3 is 12.3 Å². The Bertz CT molecular complexity index is 1760. The number of hydrogen-bond acceptors (Lipinski definition) is 7. The maximum Gasteiger partial charge on any atom is 0.411 e. The summed E-state index contributed by atoms with van der Waals surface area (Å²) in [6.45, 7) is 5.52. The third-order valence-corrected chi connectivity index (χ3v) is 8.00. The van der Waals surface area contributed by atoms with E-state index in [1.807, 2.05) is 38.2 Å². The minimum atomic E-state index is -4.66. The predicted molar refractivity (Wildman–Crippen MR) is 173 cm³/mol. The van der Waals surface area contributed by atoms with Crippen molar-refractivity contribution < 1.29 is 27.5 Å². The standard InChI is InChI=1S/C33H34ClF3N8O3/c1-31(2,3)18-41-29(38)45(28(46)22-9-7-21(8-10-22)25-6-4-5-15-40-25)27(17-48-30(47)43-32(13-14-32)33(35,36)37)23-11-12-24(34)26(16-23)44-20-39-19-42-44/h4-12,15-16,19-20,27H,13-14,17-18H2,1-3H3,(H2,38,41)(H,43,47)/t27-/m1/s1. The predicted octanol–water partition coefficient (Wildman–Crippen LogP) is 6.56. The molecule has 0 unspecified atom stereocenters. The molecule has 11 nitrogen and oxygen atoms in total. The van der Waals surface area contributed by atoms with Gasteiger partial charge in [0.25, 0.3) is 5.91 Å². The first-order valence-electron chi connectivity index (χ1n) is 15.0. The van der Waals surface area contributed by atoms with Gasteiger partial charge in [0.2, 0.25) is 0 Å². The molecule has 0 bridgehead atoms. The van der Waals surface area contributed by atoms with Crippen LogP contribution in [0.3, 0.4) is 0 Å². The van der Waals surface area contributed by atoms with Crippen molar-refractivity contribution in [3.05, 3.63) is 95.7 Å². The summed E-state index contributed by atoms with van der Waals surface area (Å²) >= 11 is 6.48. The molecule has 1 aliphatic carbocycles. The number of ether oxygens (including phenoxy) is 1. The third-order valence-electron chi connectivity index (χ3n) is 7.68. The van der Waals surface area contributed by atoms with Crippen molar-refractivity contribution in [2.24, 2.45) is 5.41 Å². The summed E-state index contributed by atoms with van der Waals surface area (Å²) in [5.41, 5.74) is -0.276. The number of benzene rings is 2. The van der Waals surface area contributed by atoms with Crippen molar-refractivity contribution in [3.8, 4) is 16.9 Å². The summed E-state index contributed by atoms with van der Waals surface area (Å²) in [5.74, 6) is -0.946. The van der Waals surface area contributed by atoms with Crippen LogP contribution in [0.4, 0.5) is 18.0 Å². The number of nitrogens with zero attached hydrogens (tertiary/aromatic N) is 5. The second-order valence-corrected chi connectivity index (χ2v) is 13.0. The van der Waals surface area contributed by atoms with Gasteiger partial charge in [0.05, 0.1) is 22.4 Å². The van der Waals surface area contributed by atoms with Gasteiger partial charge in [-0.25, -0.2) is 14.5 Å². The molecule has 2 aromatic heterocycles. The Morgan fingerprint density at radius 3 is 2.42 bits per heavy atom. The average molecular weight is 683 g/mol. The Kier molecular flexibility index (Phi) is 9.76. The number of alkyl carbamates (subject to hydrolysis) is 1. The molecule has 0 aliphatic heterocycles. The number of amides is 2. The molecule has 0 saturated heterocycles. The fourth-order valence-corrected chi connectivity index (χ4v) is 5.05. The van der Waals surface area contributed by atoms with E-state index in [-0.39, 0.29) is 34.8 Å². The average Bonchev–Trinajstić information content (AvgIpc) is 3.64. The summed E-state index contributed by atoms with van der Waals surface area (Å²) in [6, 6.07) is 15.6. The first kappa shape index (κ1) is 34.4. The van der Waals surface area contributed by atoms with Gasteiger partial charge in [-0.3, -0.25) is 20.1 Å². The van der Waals surface area contributed by atoms with Crippen molar-refractivity contribution in [2.45, 2.75) is 51.4 Å². The number of carbonyl (C=O) groups excluding carboxylic acids is 2. The molecule has 48 heavy (non-hydrogen) atoms. The second-order valence-electron chi connectivity index (χ2n) is 12.6. The van der Waals surface area contributed by atoms with E-state index in [1.54, 1.807) is 54.7 Å². The SMILES string of the molecule is CC(C)(C)CNC(=N)N(C(=O)c1ccc(-c2ccccn2)cc1)[C@H](COC(=O)NC1(C(F)(F)F)CC1)c1ccc(Cl)c(-n2cncn2)c1. The molecule has 0 spiro atoms. The topological polar surface area (TPSA) is 138 Å². The molecule has 1 fully saturated rings. The number of rotatable bonds is 9. The van der Waals surface area contributed by atoms with E-state index in [4.69, 9.17) is 21.7 Å². The molecule has 5 rings (SSSR count). The number of guanidine groups is 1. The minimum absolute atomic E-state index is 0.200. The smallest absolute Gasteiger partial charge is 0.411 e. The third kappa shape index (κ3) is 7.93. The summed E-state index contributed by atoms with van der Waals surface area (Å²) in [7, 11) is 0. The van der Waals surface area contributed by atoms with Crippen molar-refractivity contribution in [1.29, 1.82) is 5.41 Å². The van der Waals surface area contributed by atoms with Gasteiger partial charge < -0.3 is 15.4 Å². The van der Waals surface area contributed by atoms with Crippen LogP contribution in [0.25, 0.3) is 16.9 Å². The van der Waals surface area contributed by atoms with Gasteiger partial charge in [0, 0.05) is 23.9 Å². The van der Waals surface area contributed by atoms with Crippen LogP contribution in [0.1, 0.15) is 55.6 Å². The molecule has 2 amide bonds. The summed E-state index contributed by atoms with van der Waals surface area (Å²) in [5, 5.41) is 18.4. The highest BCUT2D eigenvalue weighted by Crippen LogP contribution is 2.49. The van der Waals surface area contributed by atoms with Gasteiger partial charge in [-0.15, -0.1) is 0 Å². The summed E-state index contributed by atoms with van der Waals surface area (Å²) in [4.78, 5) is 36.5. The molecule has 252 valence electrons. The molecule has 15 heteroatoms. The van der Waals surface area contributed by atoms with Crippen molar-refractivity contribution in [1.82, 2.24) is 35.3 Å². The molecular weight excluding hydrogens is 649 g/mol.